The molecule has 1 aliphatic heterocycles. The first-order valence-electron chi connectivity index (χ1n) is 7.60. The monoisotopic (exact) mass is 310 g/mol. The van der Waals surface area contributed by atoms with E-state index in [1.165, 1.54) is 17.8 Å². The highest BCUT2D eigenvalue weighted by Crippen LogP contribution is 2.22. The van der Waals surface area contributed by atoms with Gasteiger partial charge in [-0.25, -0.2) is 4.39 Å². The molecule has 1 heterocycles. The standard InChI is InChI=1S/C16H23FN2OS/c1-2-10-19(13-7-9-18-12-13)16(20)8-11-21-15-6-4-3-5-14(15)17/h3-6,13,18H,2,7-12H2,1H3. The van der Waals surface area contributed by atoms with Crippen LogP contribution in [0.3, 0.4) is 0 Å². The molecule has 5 heteroatoms. The van der Waals surface area contributed by atoms with Gasteiger partial charge in [0.15, 0.2) is 0 Å². The number of halogens is 1. The van der Waals surface area contributed by atoms with E-state index >= 15 is 0 Å². The predicted octanol–water partition coefficient (Wildman–Crippen LogP) is 2.91. The van der Waals surface area contributed by atoms with Crippen LogP contribution in [0.15, 0.2) is 29.2 Å². The highest BCUT2D eigenvalue weighted by atomic mass is 32.2. The number of benzene rings is 1. The molecule has 0 aliphatic carbocycles. The first kappa shape index (κ1) is 16.3. The Morgan fingerprint density at radius 2 is 2.29 bits per heavy atom. The van der Waals surface area contributed by atoms with Gasteiger partial charge in [0, 0.05) is 36.2 Å². The summed E-state index contributed by atoms with van der Waals surface area (Å²) in [6, 6.07) is 7.05. The van der Waals surface area contributed by atoms with Crippen molar-refractivity contribution in [3.05, 3.63) is 30.1 Å². The minimum atomic E-state index is -0.208. The van der Waals surface area contributed by atoms with Gasteiger partial charge in [0.05, 0.1) is 0 Å². The lowest BCUT2D eigenvalue weighted by Crippen LogP contribution is -2.42. The number of hydrogen-bond donors (Lipinski definition) is 1. The van der Waals surface area contributed by atoms with Crippen LogP contribution in [0.1, 0.15) is 26.2 Å². The third-order valence-corrected chi connectivity index (χ3v) is 4.72. The molecule has 1 aliphatic rings. The van der Waals surface area contributed by atoms with Gasteiger partial charge in [-0.1, -0.05) is 19.1 Å². The summed E-state index contributed by atoms with van der Waals surface area (Å²) in [6.45, 7) is 4.79. The molecule has 1 atom stereocenters. The van der Waals surface area contributed by atoms with E-state index in [9.17, 15) is 9.18 Å². The molecular formula is C16H23FN2OS. The lowest BCUT2D eigenvalue weighted by Gasteiger charge is -2.28. The molecule has 1 fully saturated rings. The quantitative estimate of drug-likeness (QED) is 0.786. The number of thioether (sulfide) groups is 1. The Morgan fingerprint density at radius 1 is 1.48 bits per heavy atom. The summed E-state index contributed by atoms with van der Waals surface area (Å²) in [7, 11) is 0. The van der Waals surface area contributed by atoms with E-state index in [1.54, 1.807) is 12.1 Å². The molecule has 21 heavy (non-hydrogen) atoms. The molecule has 0 saturated carbocycles. The predicted molar refractivity (Wildman–Crippen MR) is 85.0 cm³/mol. The molecule has 1 aromatic rings. The van der Waals surface area contributed by atoms with Crippen molar-refractivity contribution in [1.82, 2.24) is 10.2 Å². The minimum absolute atomic E-state index is 0.189. The Bertz CT molecular complexity index is 463. The van der Waals surface area contributed by atoms with Crippen molar-refractivity contribution >= 4 is 17.7 Å². The fraction of sp³-hybridized carbons (Fsp3) is 0.562. The molecule has 0 bridgehead atoms. The van der Waals surface area contributed by atoms with E-state index in [-0.39, 0.29) is 11.7 Å². The van der Waals surface area contributed by atoms with Gasteiger partial charge in [-0.2, -0.15) is 0 Å². The number of rotatable bonds is 7. The zero-order valence-electron chi connectivity index (χ0n) is 12.5. The molecule has 1 amide bonds. The number of nitrogens with one attached hydrogen (secondary N) is 1. The van der Waals surface area contributed by atoms with Gasteiger partial charge < -0.3 is 10.2 Å². The Balaban J connectivity index is 1.83. The van der Waals surface area contributed by atoms with Crippen LogP contribution in [-0.4, -0.2) is 42.2 Å². The van der Waals surface area contributed by atoms with Crippen molar-refractivity contribution in [2.24, 2.45) is 0 Å². The van der Waals surface area contributed by atoms with Gasteiger partial charge in [-0.05, 0) is 31.5 Å². The summed E-state index contributed by atoms with van der Waals surface area (Å²) in [5.41, 5.74) is 0. The molecule has 3 nitrogen and oxygen atoms in total. The van der Waals surface area contributed by atoms with Crippen LogP contribution in [-0.2, 0) is 4.79 Å². The fourth-order valence-electron chi connectivity index (χ4n) is 2.61. The maximum Gasteiger partial charge on any atom is 0.223 e. The van der Waals surface area contributed by atoms with Crippen molar-refractivity contribution in [3.63, 3.8) is 0 Å². The SMILES string of the molecule is CCCN(C(=O)CCSc1ccccc1F)C1CCNC1. The van der Waals surface area contributed by atoms with Gasteiger partial charge in [0.1, 0.15) is 5.82 Å². The van der Waals surface area contributed by atoms with Crippen LogP contribution in [0.2, 0.25) is 0 Å². The van der Waals surface area contributed by atoms with Crippen LogP contribution in [0.4, 0.5) is 4.39 Å². The molecule has 0 radical (unpaired) electrons. The van der Waals surface area contributed by atoms with Crippen molar-refractivity contribution < 1.29 is 9.18 Å². The molecule has 1 unspecified atom stereocenters. The number of hydrogen-bond acceptors (Lipinski definition) is 3. The fourth-order valence-corrected chi connectivity index (χ4v) is 3.49. The van der Waals surface area contributed by atoms with Crippen molar-refractivity contribution in [2.45, 2.75) is 37.1 Å². The molecular weight excluding hydrogens is 287 g/mol. The minimum Gasteiger partial charge on any atom is -0.338 e. The van der Waals surface area contributed by atoms with E-state index in [1.807, 2.05) is 11.0 Å². The molecule has 2 rings (SSSR count). The number of amides is 1. The number of carbonyl (C=O) groups excluding carboxylic acids is 1. The first-order chi connectivity index (χ1) is 10.2. The second kappa shape index (κ2) is 8.39. The lowest BCUT2D eigenvalue weighted by molar-refractivity contribution is -0.132. The number of carbonyl (C=O) groups is 1. The zero-order chi connectivity index (χ0) is 15.1. The zero-order valence-corrected chi connectivity index (χ0v) is 13.3. The topological polar surface area (TPSA) is 32.3 Å². The van der Waals surface area contributed by atoms with Crippen LogP contribution in [0, 0.1) is 5.82 Å². The van der Waals surface area contributed by atoms with Gasteiger partial charge >= 0.3 is 0 Å². The molecule has 116 valence electrons. The second-order valence-corrected chi connectivity index (χ2v) is 6.40. The van der Waals surface area contributed by atoms with Crippen LogP contribution >= 0.6 is 11.8 Å². The third kappa shape index (κ3) is 4.71. The van der Waals surface area contributed by atoms with E-state index in [4.69, 9.17) is 0 Å². The van der Waals surface area contributed by atoms with Crippen LogP contribution in [0.25, 0.3) is 0 Å². The Hall–Kier alpha value is -1.07. The first-order valence-corrected chi connectivity index (χ1v) is 8.58. The summed E-state index contributed by atoms with van der Waals surface area (Å²) in [5, 5.41) is 3.31. The maximum atomic E-state index is 13.5. The van der Waals surface area contributed by atoms with Gasteiger partial charge in [0.25, 0.3) is 0 Å². The van der Waals surface area contributed by atoms with Gasteiger partial charge in [0.2, 0.25) is 5.91 Å². The Labute approximate surface area is 130 Å². The van der Waals surface area contributed by atoms with E-state index in [2.05, 4.69) is 12.2 Å². The largest absolute Gasteiger partial charge is 0.338 e. The summed E-state index contributed by atoms with van der Waals surface area (Å²) >= 11 is 1.42. The Kier molecular flexibility index (Phi) is 6.51. The normalized spacial score (nSPS) is 17.9. The lowest BCUT2D eigenvalue weighted by atomic mass is 10.2. The maximum absolute atomic E-state index is 13.5. The summed E-state index contributed by atoms with van der Waals surface area (Å²) in [4.78, 5) is 15.0. The van der Waals surface area contributed by atoms with E-state index in [0.29, 0.717) is 23.1 Å². The van der Waals surface area contributed by atoms with Crippen LogP contribution in [0.5, 0.6) is 0 Å². The average Bonchev–Trinajstić information content (AvgIpc) is 3.00. The number of nitrogens with zero attached hydrogens (tertiary/aromatic N) is 1. The van der Waals surface area contributed by atoms with Gasteiger partial charge in [-0.15, -0.1) is 11.8 Å². The summed E-state index contributed by atoms with van der Waals surface area (Å²) < 4.78 is 13.5. The summed E-state index contributed by atoms with van der Waals surface area (Å²) in [5.74, 6) is 0.606. The van der Waals surface area contributed by atoms with E-state index in [0.717, 1.165) is 32.5 Å². The second-order valence-electron chi connectivity index (χ2n) is 5.26. The van der Waals surface area contributed by atoms with Crippen molar-refractivity contribution in [1.29, 1.82) is 0 Å². The average molecular weight is 310 g/mol. The van der Waals surface area contributed by atoms with Crippen LogP contribution < -0.4 is 5.32 Å². The van der Waals surface area contributed by atoms with Crippen molar-refractivity contribution in [2.75, 3.05) is 25.4 Å². The van der Waals surface area contributed by atoms with E-state index < -0.39 is 0 Å². The summed E-state index contributed by atoms with van der Waals surface area (Å²) in [6.07, 6.45) is 2.48. The molecule has 0 aromatic heterocycles. The van der Waals surface area contributed by atoms with Gasteiger partial charge in [-0.3, -0.25) is 4.79 Å². The smallest absolute Gasteiger partial charge is 0.223 e. The van der Waals surface area contributed by atoms with Crippen molar-refractivity contribution in [3.8, 4) is 0 Å². The highest BCUT2D eigenvalue weighted by molar-refractivity contribution is 7.99. The molecule has 1 saturated heterocycles. The molecule has 1 aromatic carbocycles. The highest BCUT2D eigenvalue weighted by Gasteiger charge is 2.25. The molecule has 1 N–H and O–H groups in total. The Morgan fingerprint density at radius 3 is 2.95 bits per heavy atom. The third-order valence-electron chi connectivity index (χ3n) is 3.67. The molecule has 0 spiro atoms.